The molecule has 2 aromatic carbocycles. The zero-order valence-electron chi connectivity index (χ0n) is 14.3. The van der Waals surface area contributed by atoms with Gasteiger partial charge in [-0.2, -0.15) is 5.10 Å². The molecule has 0 aromatic heterocycles. The lowest BCUT2D eigenvalue weighted by atomic mass is 10.2. The van der Waals surface area contributed by atoms with Crippen LogP contribution in [0.25, 0.3) is 0 Å². The molecular formula is C19H21N3O3. The van der Waals surface area contributed by atoms with Crippen LogP contribution in [0.4, 0.5) is 5.69 Å². The molecule has 0 unspecified atom stereocenters. The summed E-state index contributed by atoms with van der Waals surface area (Å²) in [5.41, 5.74) is 4.97. The van der Waals surface area contributed by atoms with E-state index in [1.165, 1.54) is 12.5 Å². The minimum Gasteiger partial charge on any atom is -0.461 e. The fourth-order valence-corrected chi connectivity index (χ4v) is 2.02. The summed E-state index contributed by atoms with van der Waals surface area (Å²) < 4.78 is 4.79. The maximum atomic E-state index is 12.0. The third-order valence-electron chi connectivity index (χ3n) is 3.38. The Balaban J connectivity index is 1.89. The van der Waals surface area contributed by atoms with Crippen molar-refractivity contribution in [3.63, 3.8) is 0 Å². The van der Waals surface area contributed by atoms with Crippen molar-refractivity contribution in [3.8, 4) is 0 Å². The van der Waals surface area contributed by atoms with Gasteiger partial charge in [-0.25, -0.2) is 10.2 Å². The van der Waals surface area contributed by atoms with E-state index >= 15 is 0 Å². The van der Waals surface area contributed by atoms with E-state index < -0.39 is 11.9 Å². The average molecular weight is 339 g/mol. The van der Waals surface area contributed by atoms with Gasteiger partial charge in [0.25, 0.3) is 5.91 Å². The number of hydrazone groups is 1. The summed E-state index contributed by atoms with van der Waals surface area (Å²) in [7, 11) is 0. The molecule has 2 rings (SSSR count). The number of nitrogens with zero attached hydrogens (tertiary/aromatic N) is 1. The van der Waals surface area contributed by atoms with E-state index in [0.29, 0.717) is 12.1 Å². The van der Waals surface area contributed by atoms with Gasteiger partial charge in [0.1, 0.15) is 5.71 Å². The summed E-state index contributed by atoms with van der Waals surface area (Å²) in [5, 5.41) is 7.03. The van der Waals surface area contributed by atoms with Gasteiger partial charge in [-0.05, 0) is 43.7 Å². The highest BCUT2D eigenvalue weighted by atomic mass is 16.5. The number of anilines is 1. The third kappa shape index (κ3) is 5.76. The molecule has 6 heteroatoms. The van der Waals surface area contributed by atoms with E-state index in [1.807, 2.05) is 42.5 Å². The Morgan fingerprint density at radius 1 is 1.04 bits per heavy atom. The summed E-state index contributed by atoms with van der Waals surface area (Å²) in [6, 6.07) is 17.1. The lowest BCUT2D eigenvalue weighted by Gasteiger charge is -2.07. The number of hydrogen-bond donors (Lipinski definition) is 2. The summed E-state index contributed by atoms with van der Waals surface area (Å²) >= 11 is 0. The Hall–Kier alpha value is -3.15. The summed E-state index contributed by atoms with van der Waals surface area (Å²) in [6.45, 7) is 4.15. The average Bonchev–Trinajstić information content (AvgIpc) is 2.65. The van der Waals surface area contributed by atoms with E-state index in [0.717, 1.165) is 5.69 Å². The molecule has 0 fully saturated rings. The van der Waals surface area contributed by atoms with Crippen molar-refractivity contribution in [2.75, 3.05) is 11.9 Å². The van der Waals surface area contributed by atoms with Gasteiger partial charge in [0.15, 0.2) is 0 Å². The Labute approximate surface area is 146 Å². The predicted octanol–water partition coefficient (Wildman–Crippen LogP) is 2.97. The van der Waals surface area contributed by atoms with Crippen LogP contribution in [0.3, 0.4) is 0 Å². The topological polar surface area (TPSA) is 79.8 Å². The molecule has 0 radical (unpaired) electrons. The molecular weight excluding hydrogens is 318 g/mol. The van der Waals surface area contributed by atoms with Crippen LogP contribution in [0.15, 0.2) is 59.7 Å². The first-order chi connectivity index (χ1) is 12.1. The van der Waals surface area contributed by atoms with Crippen LogP contribution in [0.1, 0.15) is 29.8 Å². The smallest absolute Gasteiger partial charge is 0.354 e. The van der Waals surface area contributed by atoms with E-state index in [2.05, 4.69) is 15.8 Å². The number of ether oxygens (including phenoxy) is 1. The van der Waals surface area contributed by atoms with Gasteiger partial charge >= 0.3 is 5.97 Å². The first kappa shape index (κ1) is 18.2. The maximum absolute atomic E-state index is 12.0. The van der Waals surface area contributed by atoms with Crippen molar-refractivity contribution >= 4 is 23.3 Å². The van der Waals surface area contributed by atoms with Crippen LogP contribution in [-0.2, 0) is 16.1 Å². The Morgan fingerprint density at radius 3 is 2.36 bits per heavy atom. The molecule has 2 aromatic rings. The number of esters is 1. The molecule has 0 aliphatic rings. The third-order valence-corrected chi connectivity index (χ3v) is 3.38. The van der Waals surface area contributed by atoms with E-state index in [-0.39, 0.29) is 12.3 Å². The second-order valence-electron chi connectivity index (χ2n) is 5.28. The van der Waals surface area contributed by atoms with Gasteiger partial charge in [0.2, 0.25) is 0 Å². The minimum atomic E-state index is -0.553. The van der Waals surface area contributed by atoms with Gasteiger partial charge in [0, 0.05) is 17.8 Å². The second kappa shape index (κ2) is 9.22. The number of benzene rings is 2. The molecule has 6 nitrogen and oxygen atoms in total. The molecule has 0 heterocycles. The number of carbonyl (C=O) groups excluding carboxylic acids is 2. The quantitative estimate of drug-likeness (QED) is 0.462. The van der Waals surface area contributed by atoms with Crippen LogP contribution in [-0.4, -0.2) is 24.2 Å². The number of amides is 1. The number of carbonyl (C=O) groups is 2. The van der Waals surface area contributed by atoms with Gasteiger partial charge < -0.3 is 10.1 Å². The highest BCUT2D eigenvalue weighted by molar-refractivity contribution is 6.35. The van der Waals surface area contributed by atoms with Crippen molar-refractivity contribution in [2.24, 2.45) is 5.10 Å². The van der Waals surface area contributed by atoms with Crippen LogP contribution < -0.4 is 10.7 Å². The van der Waals surface area contributed by atoms with Crippen molar-refractivity contribution in [1.29, 1.82) is 0 Å². The normalized spacial score (nSPS) is 10.9. The summed E-state index contributed by atoms with van der Waals surface area (Å²) in [6.07, 6.45) is 0. The monoisotopic (exact) mass is 339 g/mol. The van der Waals surface area contributed by atoms with E-state index in [9.17, 15) is 9.59 Å². The predicted molar refractivity (Wildman–Crippen MR) is 97.4 cm³/mol. The molecule has 0 saturated carbocycles. The standard InChI is InChI=1S/C19H21N3O3/c1-3-25-19(24)14(2)21-22-18(23)16-9-11-17(12-10-16)20-13-15-7-5-4-6-8-15/h4-12,20H,3,13H2,1-2H3,(H,22,23)/b21-14-. The number of nitrogens with one attached hydrogen (secondary N) is 2. The Morgan fingerprint density at radius 2 is 1.72 bits per heavy atom. The molecule has 2 N–H and O–H groups in total. The zero-order valence-corrected chi connectivity index (χ0v) is 14.3. The van der Waals surface area contributed by atoms with Gasteiger partial charge in [-0.1, -0.05) is 30.3 Å². The molecule has 0 saturated heterocycles. The molecule has 0 atom stereocenters. The fraction of sp³-hybridized carbons (Fsp3) is 0.211. The van der Waals surface area contributed by atoms with Crippen molar-refractivity contribution in [3.05, 3.63) is 65.7 Å². The largest absolute Gasteiger partial charge is 0.461 e. The van der Waals surface area contributed by atoms with Gasteiger partial charge in [0.05, 0.1) is 6.61 Å². The van der Waals surface area contributed by atoms with Crippen LogP contribution in [0, 0.1) is 0 Å². The minimum absolute atomic E-state index is 0.0938. The lowest BCUT2D eigenvalue weighted by molar-refractivity contribution is -0.135. The highest BCUT2D eigenvalue weighted by Gasteiger charge is 2.08. The van der Waals surface area contributed by atoms with Crippen molar-refractivity contribution in [1.82, 2.24) is 5.43 Å². The zero-order chi connectivity index (χ0) is 18.1. The first-order valence-electron chi connectivity index (χ1n) is 7.99. The molecule has 130 valence electrons. The molecule has 0 aliphatic heterocycles. The Bertz CT molecular complexity index is 740. The molecule has 0 spiro atoms. The lowest BCUT2D eigenvalue weighted by Crippen LogP contribution is -2.23. The van der Waals surface area contributed by atoms with Gasteiger partial charge in [-0.15, -0.1) is 0 Å². The highest BCUT2D eigenvalue weighted by Crippen LogP contribution is 2.11. The summed E-state index contributed by atoms with van der Waals surface area (Å²) in [5.74, 6) is -0.943. The SMILES string of the molecule is CCOC(=O)/C(C)=N\NC(=O)c1ccc(NCc2ccccc2)cc1. The van der Waals surface area contributed by atoms with Crippen LogP contribution in [0.2, 0.25) is 0 Å². The van der Waals surface area contributed by atoms with Crippen LogP contribution in [0.5, 0.6) is 0 Å². The molecule has 1 amide bonds. The molecule has 0 aliphatic carbocycles. The molecule has 0 bridgehead atoms. The van der Waals surface area contributed by atoms with Crippen molar-refractivity contribution < 1.29 is 14.3 Å². The van der Waals surface area contributed by atoms with Crippen molar-refractivity contribution in [2.45, 2.75) is 20.4 Å². The number of hydrogen-bond acceptors (Lipinski definition) is 5. The second-order valence-corrected chi connectivity index (χ2v) is 5.28. The maximum Gasteiger partial charge on any atom is 0.354 e. The van der Waals surface area contributed by atoms with Gasteiger partial charge in [-0.3, -0.25) is 4.79 Å². The number of rotatable bonds is 7. The molecule has 25 heavy (non-hydrogen) atoms. The van der Waals surface area contributed by atoms with Crippen LogP contribution >= 0.6 is 0 Å². The van der Waals surface area contributed by atoms with E-state index in [4.69, 9.17) is 4.74 Å². The summed E-state index contributed by atoms with van der Waals surface area (Å²) in [4.78, 5) is 23.4. The Kier molecular flexibility index (Phi) is 6.71. The fourth-order valence-electron chi connectivity index (χ4n) is 2.02. The first-order valence-corrected chi connectivity index (χ1v) is 7.99. The van der Waals surface area contributed by atoms with E-state index in [1.54, 1.807) is 19.1 Å².